The zero-order valence-corrected chi connectivity index (χ0v) is 17.0. The highest BCUT2D eigenvalue weighted by molar-refractivity contribution is 5.77. The number of anilines is 1. The molecule has 0 bridgehead atoms. The number of aryl methyl sites for hydroxylation is 1. The minimum absolute atomic E-state index is 0.0300. The van der Waals surface area contributed by atoms with Gasteiger partial charge in [0, 0.05) is 13.7 Å². The highest BCUT2D eigenvalue weighted by Crippen LogP contribution is 2.34. The third-order valence-corrected chi connectivity index (χ3v) is 5.66. The molecule has 154 valence electrons. The van der Waals surface area contributed by atoms with E-state index in [-0.39, 0.29) is 11.6 Å². The first kappa shape index (κ1) is 18.7. The van der Waals surface area contributed by atoms with Gasteiger partial charge in [-0.05, 0) is 44.0 Å². The van der Waals surface area contributed by atoms with E-state index in [0.29, 0.717) is 24.2 Å². The fourth-order valence-corrected chi connectivity index (χ4v) is 4.19. The third kappa shape index (κ3) is 3.02. The molecular formula is C21H23N7O2. The fourth-order valence-electron chi connectivity index (χ4n) is 4.19. The molecule has 0 radical (unpaired) electrons. The minimum Gasteiger partial charge on any atom is -0.383 e. The molecule has 0 spiro atoms. The van der Waals surface area contributed by atoms with Crippen molar-refractivity contribution in [3.8, 4) is 0 Å². The smallest absolute Gasteiger partial charge is 0.261 e. The minimum atomic E-state index is -0.0408. The summed E-state index contributed by atoms with van der Waals surface area (Å²) >= 11 is 0. The maximum Gasteiger partial charge on any atom is 0.261 e. The fraction of sp³-hybridized carbons (Fsp3) is 0.381. The summed E-state index contributed by atoms with van der Waals surface area (Å²) in [5.74, 6) is 2.33. The van der Waals surface area contributed by atoms with Crippen LogP contribution in [0.15, 0.2) is 41.2 Å². The maximum absolute atomic E-state index is 13.3. The quantitative estimate of drug-likeness (QED) is 0.502. The van der Waals surface area contributed by atoms with Crippen LogP contribution in [0.4, 0.5) is 5.82 Å². The number of rotatable bonds is 5. The summed E-state index contributed by atoms with van der Waals surface area (Å²) < 4.78 is 8.77. The molecule has 9 nitrogen and oxygen atoms in total. The molecule has 0 amide bonds. The predicted octanol–water partition coefficient (Wildman–Crippen LogP) is 2.13. The molecular weight excluding hydrogens is 382 g/mol. The van der Waals surface area contributed by atoms with E-state index < -0.39 is 0 Å². The number of para-hydroxylation sites is 1. The van der Waals surface area contributed by atoms with Gasteiger partial charge in [-0.3, -0.25) is 9.36 Å². The lowest BCUT2D eigenvalue weighted by atomic mass is 10.1. The number of methoxy groups -OCH3 is 1. The van der Waals surface area contributed by atoms with E-state index in [1.165, 1.54) is 0 Å². The summed E-state index contributed by atoms with van der Waals surface area (Å²) in [5.41, 5.74) is 1.40. The largest absolute Gasteiger partial charge is 0.383 e. The van der Waals surface area contributed by atoms with Crippen molar-refractivity contribution < 1.29 is 4.74 Å². The van der Waals surface area contributed by atoms with Crippen molar-refractivity contribution in [3.63, 3.8) is 0 Å². The van der Waals surface area contributed by atoms with E-state index in [0.717, 1.165) is 42.4 Å². The molecule has 5 rings (SSSR count). The SMILES string of the molecule is COCCn1c(C2CCCN2c2ccc3nnc(C)n3n2)nc2ccccc2c1=O. The van der Waals surface area contributed by atoms with Crippen molar-refractivity contribution in [2.45, 2.75) is 32.4 Å². The highest BCUT2D eigenvalue weighted by Gasteiger charge is 2.31. The maximum atomic E-state index is 13.3. The topological polar surface area (TPSA) is 90.4 Å². The normalized spacial score (nSPS) is 16.7. The van der Waals surface area contributed by atoms with Gasteiger partial charge < -0.3 is 9.64 Å². The van der Waals surface area contributed by atoms with Crippen LogP contribution in [0.1, 0.15) is 30.5 Å². The Morgan fingerprint density at radius 3 is 2.90 bits per heavy atom. The lowest BCUT2D eigenvalue weighted by molar-refractivity contribution is 0.184. The van der Waals surface area contributed by atoms with Gasteiger partial charge in [0.2, 0.25) is 0 Å². The number of aromatic nitrogens is 6. The molecule has 30 heavy (non-hydrogen) atoms. The number of fused-ring (bicyclic) bond motifs is 2. The van der Waals surface area contributed by atoms with Crippen molar-refractivity contribution in [2.75, 3.05) is 25.2 Å². The van der Waals surface area contributed by atoms with Gasteiger partial charge in [-0.15, -0.1) is 15.3 Å². The summed E-state index contributed by atoms with van der Waals surface area (Å²) in [6.07, 6.45) is 1.90. The van der Waals surface area contributed by atoms with Gasteiger partial charge in [0.1, 0.15) is 11.6 Å². The summed E-state index contributed by atoms with van der Waals surface area (Å²) in [6, 6.07) is 11.3. The monoisotopic (exact) mass is 405 g/mol. The van der Waals surface area contributed by atoms with Crippen LogP contribution >= 0.6 is 0 Å². The molecule has 3 aromatic heterocycles. The van der Waals surface area contributed by atoms with Crippen molar-refractivity contribution in [1.82, 2.24) is 29.4 Å². The Hall–Kier alpha value is -3.33. The number of hydrogen-bond donors (Lipinski definition) is 0. The highest BCUT2D eigenvalue weighted by atomic mass is 16.5. The molecule has 1 aliphatic rings. The predicted molar refractivity (Wildman–Crippen MR) is 113 cm³/mol. The number of nitrogens with zero attached hydrogens (tertiary/aromatic N) is 7. The van der Waals surface area contributed by atoms with Gasteiger partial charge in [0.15, 0.2) is 11.5 Å². The second-order valence-electron chi connectivity index (χ2n) is 7.50. The van der Waals surface area contributed by atoms with E-state index in [1.54, 1.807) is 16.2 Å². The zero-order chi connectivity index (χ0) is 20.7. The standard InChI is InChI=1S/C21H23N7O2/c1-14-23-24-18-9-10-19(25-28(14)18)26-11-5-8-17(26)20-22-16-7-4-3-6-15(16)21(29)27(20)12-13-30-2/h3-4,6-7,9-10,17H,5,8,11-13H2,1-2H3. The van der Waals surface area contributed by atoms with Crippen molar-refractivity contribution >= 4 is 22.4 Å². The average Bonchev–Trinajstić information content (AvgIpc) is 3.40. The summed E-state index contributed by atoms with van der Waals surface area (Å²) in [6.45, 7) is 3.64. The molecule has 4 aromatic rings. The second kappa shape index (κ2) is 7.49. The Kier molecular flexibility index (Phi) is 4.66. The van der Waals surface area contributed by atoms with Crippen LogP contribution in [0.3, 0.4) is 0 Å². The molecule has 0 saturated carbocycles. The Labute approximate surface area is 172 Å². The summed E-state index contributed by atoms with van der Waals surface area (Å²) in [7, 11) is 1.64. The molecule has 9 heteroatoms. The van der Waals surface area contributed by atoms with E-state index in [9.17, 15) is 4.79 Å². The Bertz CT molecular complexity index is 1280. The van der Waals surface area contributed by atoms with Crippen molar-refractivity contribution in [3.05, 3.63) is 58.4 Å². The molecule has 0 aliphatic carbocycles. The van der Waals surface area contributed by atoms with E-state index in [2.05, 4.69) is 15.1 Å². The molecule has 0 N–H and O–H groups in total. The van der Waals surface area contributed by atoms with Crippen LogP contribution < -0.4 is 10.5 Å². The zero-order valence-electron chi connectivity index (χ0n) is 17.0. The van der Waals surface area contributed by atoms with Gasteiger partial charge in [0.05, 0.1) is 30.1 Å². The van der Waals surface area contributed by atoms with Crippen molar-refractivity contribution in [1.29, 1.82) is 0 Å². The van der Waals surface area contributed by atoms with Crippen LogP contribution in [-0.2, 0) is 11.3 Å². The first-order chi connectivity index (χ1) is 14.7. The van der Waals surface area contributed by atoms with E-state index in [1.807, 2.05) is 43.3 Å². The van der Waals surface area contributed by atoms with E-state index >= 15 is 0 Å². The van der Waals surface area contributed by atoms with Gasteiger partial charge >= 0.3 is 0 Å². The number of ether oxygens (including phenoxy) is 1. The van der Waals surface area contributed by atoms with Gasteiger partial charge in [-0.2, -0.15) is 4.52 Å². The van der Waals surface area contributed by atoms with Gasteiger partial charge in [-0.25, -0.2) is 4.98 Å². The molecule has 1 aromatic carbocycles. The molecule has 1 saturated heterocycles. The van der Waals surface area contributed by atoms with Crippen LogP contribution in [0.25, 0.3) is 16.6 Å². The Morgan fingerprint density at radius 1 is 1.17 bits per heavy atom. The van der Waals surface area contributed by atoms with E-state index in [4.69, 9.17) is 14.8 Å². The first-order valence-electron chi connectivity index (χ1n) is 10.1. The first-order valence-corrected chi connectivity index (χ1v) is 10.1. The third-order valence-electron chi connectivity index (χ3n) is 5.66. The Balaban J connectivity index is 1.63. The Morgan fingerprint density at radius 2 is 2.03 bits per heavy atom. The van der Waals surface area contributed by atoms with Gasteiger partial charge in [0.25, 0.3) is 5.56 Å². The lowest BCUT2D eigenvalue weighted by Gasteiger charge is -2.27. The van der Waals surface area contributed by atoms with Crippen molar-refractivity contribution in [2.24, 2.45) is 0 Å². The molecule has 1 fully saturated rings. The van der Waals surface area contributed by atoms with Crippen LogP contribution in [0, 0.1) is 6.92 Å². The molecule has 4 heterocycles. The molecule has 1 unspecified atom stereocenters. The molecule has 1 atom stereocenters. The molecule has 1 aliphatic heterocycles. The van der Waals surface area contributed by atoms with Crippen LogP contribution in [0.2, 0.25) is 0 Å². The van der Waals surface area contributed by atoms with Crippen LogP contribution in [-0.4, -0.2) is 49.6 Å². The van der Waals surface area contributed by atoms with Crippen LogP contribution in [0.5, 0.6) is 0 Å². The number of benzene rings is 1. The lowest BCUT2D eigenvalue weighted by Crippen LogP contribution is -2.33. The van der Waals surface area contributed by atoms with Gasteiger partial charge in [-0.1, -0.05) is 12.1 Å². The second-order valence-corrected chi connectivity index (χ2v) is 7.50. The summed E-state index contributed by atoms with van der Waals surface area (Å²) in [4.78, 5) is 20.4. The average molecular weight is 405 g/mol. The number of hydrogen-bond acceptors (Lipinski definition) is 7. The summed E-state index contributed by atoms with van der Waals surface area (Å²) in [5, 5.41) is 13.6.